The summed E-state index contributed by atoms with van der Waals surface area (Å²) in [6.45, 7) is 4.74. The van der Waals surface area contributed by atoms with E-state index < -0.39 is 17.4 Å². The van der Waals surface area contributed by atoms with Gasteiger partial charge in [-0.15, -0.1) is 0 Å². The number of aromatic nitrogens is 1. The molecule has 6 nitrogen and oxygen atoms in total. The van der Waals surface area contributed by atoms with Crippen molar-refractivity contribution in [3.05, 3.63) is 23.5 Å². The number of amides is 1. The van der Waals surface area contributed by atoms with Crippen LogP contribution in [0.25, 0.3) is 0 Å². The van der Waals surface area contributed by atoms with Crippen molar-refractivity contribution in [2.75, 3.05) is 0 Å². The SMILES string of the molecule is CCCC(C)(NC(=O)c1cc(C(C)=O)cn1C)C(=O)O. The number of carboxylic acids is 1. The minimum absolute atomic E-state index is 0.144. The van der Waals surface area contributed by atoms with Crippen LogP contribution in [0.5, 0.6) is 0 Å². The van der Waals surface area contributed by atoms with Crippen molar-refractivity contribution in [2.45, 2.75) is 39.2 Å². The van der Waals surface area contributed by atoms with Crippen LogP contribution in [-0.4, -0.2) is 32.9 Å². The van der Waals surface area contributed by atoms with Gasteiger partial charge in [-0.25, -0.2) is 4.79 Å². The number of carbonyl (C=O) groups is 3. The zero-order valence-corrected chi connectivity index (χ0v) is 12.2. The summed E-state index contributed by atoms with van der Waals surface area (Å²) in [5.41, 5.74) is -0.629. The van der Waals surface area contributed by atoms with Gasteiger partial charge < -0.3 is 15.0 Å². The number of aliphatic carboxylic acids is 1. The lowest BCUT2D eigenvalue weighted by Crippen LogP contribution is -2.52. The molecule has 20 heavy (non-hydrogen) atoms. The molecule has 0 spiro atoms. The zero-order chi connectivity index (χ0) is 15.5. The van der Waals surface area contributed by atoms with Gasteiger partial charge >= 0.3 is 5.97 Å². The summed E-state index contributed by atoms with van der Waals surface area (Å²) >= 11 is 0. The third-order valence-electron chi connectivity index (χ3n) is 3.26. The Hall–Kier alpha value is -2.11. The van der Waals surface area contributed by atoms with E-state index in [4.69, 9.17) is 0 Å². The highest BCUT2D eigenvalue weighted by atomic mass is 16.4. The van der Waals surface area contributed by atoms with Gasteiger partial charge in [0.2, 0.25) is 0 Å². The number of rotatable bonds is 6. The minimum atomic E-state index is -1.31. The summed E-state index contributed by atoms with van der Waals surface area (Å²) in [5.74, 6) is -1.72. The average molecular weight is 280 g/mol. The maximum atomic E-state index is 12.2. The van der Waals surface area contributed by atoms with E-state index in [1.807, 2.05) is 6.92 Å². The fourth-order valence-corrected chi connectivity index (χ4v) is 2.02. The van der Waals surface area contributed by atoms with E-state index in [0.29, 0.717) is 18.4 Å². The molecule has 1 atom stereocenters. The fourth-order valence-electron chi connectivity index (χ4n) is 2.02. The number of hydrogen-bond donors (Lipinski definition) is 2. The molecule has 0 bridgehead atoms. The highest BCUT2D eigenvalue weighted by Crippen LogP contribution is 2.15. The van der Waals surface area contributed by atoms with Crippen molar-refractivity contribution in [1.82, 2.24) is 9.88 Å². The number of carboxylic acid groups (broad SMARTS) is 1. The van der Waals surface area contributed by atoms with E-state index in [9.17, 15) is 19.5 Å². The molecule has 1 heterocycles. The van der Waals surface area contributed by atoms with Crippen LogP contribution in [0.2, 0.25) is 0 Å². The van der Waals surface area contributed by atoms with Crippen LogP contribution >= 0.6 is 0 Å². The first kappa shape index (κ1) is 15.9. The molecule has 6 heteroatoms. The van der Waals surface area contributed by atoms with Crippen molar-refractivity contribution in [2.24, 2.45) is 7.05 Å². The van der Waals surface area contributed by atoms with E-state index in [0.717, 1.165) is 0 Å². The van der Waals surface area contributed by atoms with E-state index in [1.165, 1.54) is 24.5 Å². The second kappa shape index (κ2) is 5.90. The second-order valence-corrected chi connectivity index (χ2v) is 5.12. The number of nitrogens with zero attached hydrogens (tertiary/aromatic N) is 1. The molecule has 0 aromatic carbocycles. The molecule has 0 fully saturated rings. The normalized spacial score (nSPS) is 13.6. The maximum Gasteiger partial charge on any atom is 0.329 e. The van der Waals surface area contributed by atoms with Gasteiger partial charge in [-0.1, -0.05) is 13.3 Å². The zero-order valence-electron chi connectivity index (χ0n) is 12.2. The minimum Gasteiger partial charge on any atom is -0.480 e. The Morgan fingerprint density at radius 2 is 2.00 bits per heavy atom. The van der Waals surface area contributed by atoms with Gasteiger partial charge in [0.1, 0.15) is 11.2 Å². The summed E-state index contributed by atoms with van der Waals surface area (Å²) < 4.78 is 1.51. The van der Waals surface area contributed by atoms with Crippen molar-refractivity contribution in [3.63, 3.8) is 0 Å². The quantitative estimate of drug-likeness (QED) is 0.775. The molecule has 2 N–H and O–H groups in total. The van der Waals surface area contributed by atoms with Crippen molar-refractivity contribution in [1.29, 1.82) is 0 Å². The highest BCUT2D eigenvalue weighted by Gasteiger charge is 2.34. The molecular formula is C14H20N2O4. The van der Waals surface area contributed by atoms with Crippen LogP contribution in [-0.2, 0) is 11.8 Å². The fraction of sp³-hybridized carbons (Fsp3) is 0.500. The van der Waals surface area contributed by atoms with Crippen LogP contribution in [0, 0.1) is 0 Å². The molecule has 0 radical (unpaired) electrons. The van der Waals surface area contributed by atoms with Crippen molar-refractivity contribution >= 4 is 17.7 Å². The number of ketones is 1. The van der Waals surface area contributed by atoms with Gasteiger partial charge in [0, 0.05) is 18.8 Å². The lowest BCUT2D eigenvalue weighted by molar-refractivity contribution is -0.144. The smallest absolute Gasteiger partial charge is 0.329 e. The molecule has 110 valence electrons. The Labute approximate surface area is 117 Å². The van der Waals surface area contributed by atoms with Crippen LogP contribution in [0.3, 0.4) is 0 Å². The van der Waals surface area contributed by atoms with Gasteiger partial charge in [-0.05, 0) is 26.3 Å². The first-order valence-corrected chi connectivity index (χ1v) is 6.44. The van der Waals surface area contributed by atoms with Gasteiger partial charge in [-0.3, -0.25) is 9.59 Å². The van der Waals surface area contributed by atoms with Crippen LogP contribution in [0.1, 0.15) is 54.5 Å². The average Bonchev–Trinajstić information content (AvgIpc) is 2.71. The molecule has 1 amide bonds. The first-order chi connectivity index (χ1) is 9.21. The third-order valence-corrected chi connectivity index (χ3v) is 3.26. The van der Waals surface area contributed by atoms with Crippen molar-refractivity contribution in [3.8, 4) is 0 Å². The van der Waals surface area contributed by atoms with Crippen molar-refractivity contribution < 1.29 is 19.5 Å². The lowest BCUT2D eigenvalue weighted by Gasteiger charge is -2.25. The summed E-state index contributed by atoms with van der Waals surface area (Å²) in [5, 5.41) is 11.8. The Morgan fingerprint density at radius 1 is 1.40 bits per heavy atom. The summed E-state index contributed by atoms with van der Waals surface area (Å²) in [6.07, 6.45) is 2.52. The molecule has 0 aliphatic carbocycles. The Kier molecular flexibility index (Phi) is 4.70. The van der Waals surface area contributed by atoms with Crippen LogP contribution in [0.4, 0.5) is 0 Å². The predicted molar refractivity (Wildman–Crippen MR) is 73.8 cm³/mol. The highest BCUT2D eigenvalue weighted by molar-refractivity contribution is 6.00. The number of carbonyl (C=O) groups excluding carboxylic acids is 2. The van der Waals surface area contributed by atoms with E-state index in [2.05, 4.69) is 5.32 Å². The van der Waals surface area contributed by atoms with E-state index >= 15 is 0 Å². The molecule has 0 aliphatic heterocycles. The molecular weight excluding hydrogens is 260 g/mol. The Bertz CT molecular complexity index is 547. The second-order valence-electron chi connectivity index (χ2n) is 5.12. The topological polar surface area (TPSA) is 88.4 Å². The summed E-state index contributed by atoms with van der Waals surface area (Å²) in [6, 6.07) is 1.46. The molecule has 0 aliphatic rings. The molecule has 1 unspecified atom stereocenters. The lowest BCUT2D eigenvalue weighted by atomic mass is 9.96. The number of hydrogen-bond acceptors (Lipinski definition) is 3. The third kappa shape index (κ3) is 3.26. The predicted octanol–water partition coefficient (Wildman–Crippen LogP) is 1.60. The van der Waals surface area contributed by atoms with Crippen LogP contribution in [0.15, 0.2) is 12.3 Å². The molecule has 1 aromatic heterocycles. The Balaban J connectivity index is 3.01. The molecule has 1 rings (SSSR count). The first-order valence-electron chi connectivity index (χ1n) is 6.44. The molecule has 0 saturated carbocycles. The monoisotopic (exact) mass is 280 g/mol. The van der Waals surface area contributed by atoms with Gasteiger partial charge in [-0.2, -0.15) is 0 Å². The van der Waals surface area contributed by atoms with Gasteiger partial charge in [0.15, 0.2) is 5.78 Å². The molecule has 0 saturated heterocycles. The largest absolute Gasteiger partial charge is 0.480 e. The summed E-state index contributed by atoms with van der Waals surface area (Å²) in [7, 11) is 1.64. The van der Waals surface area contributed by atoms with E-state index in [1.54, 1.807) is 13.2 Å². The number of aryl methyl sites for hydroxylation is 1. The Morgan fingerprint density at radius 3 is 2.40 bits per heavy atom. The number of nitrogens with one attached hydrogen (secondary N) is 1. The van der Waals surface area contributed by atoms with Gasteiger partial charge in [0.05, 0.1) is 0 Å². The van der Waals surface area contributed by atoms with Gasteiger partial charge in [0.25, 0.3) is 5.91 Å². The number of Topliss-reactive ketones (excluding diaryl/α,β-unsaturated/α-hetero) is 1. The summed E-state index contributed by atoms with van der Waals surface area (Å²) in [4.78, 5) is 34.8. The van der Waals surface area contributed by atoms with Crippen LogP contribution < -0.4 is 5.32 Å². The molecule has 1 aromatic rings. The standard InChI is InChI=1S/C14H20N2O4/c1-5-6-14(3,13(19)20)15-12(18)11-7-10(9(2)17)8-16(11)4/h7-8H,5-6H2,1-4H3,(H,15,18)(H,19,20). The van der Waals surface area contributed by atoms with E-state index in [-0.39, 0.29) is 11.5 Å². The maximum absolute atomic E-state index is 12.2.